The minimum absolute atomic E-state index is 0.0267. The first kappa shape index (κ1) is 17.1. The Morgan fingerprint density at radius 3 is 2.48 bits per heavy atom. The highest BCUT2D eigenvalue weighted by Crippen LogP contribution is 2.61. The van der Waals surface area contributed by atoms with E-state index in [2.05, 4.69) is 10.6 Å². The van der Waals surface area contributed by atoms with Crippen molar-refractivity contribution in [3.05, 3.63) is 29.8 Å². The Morgan fingerprint density at radius 2 is 1.85 bits per heavy atom. The number of benzene rings is 1. The third kappa shape index (κ3) is 3.21. The molecule has 144 valence electrons. The van der Waals surface area contributed by atoms with Crippen molar-refractivity contribution in [3.63, 3.8) is 0 Å². The summed E-state index contributed by atoms with van der Waals surface area (Å²) in [6.45, 7) is 2.07. The molecule has 6 rings (SSSR count). The summed E-state index contributed by atoms with van der Waals surface area (Å²) in [6, 6.07) is 7.31. The van der Waals surface area contributed by atoms with Gasteiger partial charge in [-0.3, -0.25) is 9.69 Å². The molecule has 27 heavy (non-hydrogen) atoms. The monoisotopic (exact) mass is 367 g/mol. The summed E-state index contributed by atoms with van der Waals surface area (Å²) < 4.78 is 0. The van der Waals surface area contributed by atoms with Gasteiger partial charge in [-0.25, -0.2) is 4.79 Å². The Balaban J connectivity index is 1.20. The number of hydrogen-bond acceptors (Lipinski definition) is 2. The first-order valence-electron chi connectivity index (χ1n) is 10.5. The minimum atomic E-state index is -0.0885. The number of nitrogens with one attached hydrogen (secondary N) is 2. The molecule has 0 radical (unpaired) electrons. The Labute approximate surface area is 160 Å². The lowest BCUT2D eigenvalue weighted by Gasteiger charge is -2.57. The van der Waals surface area contributed by atoms with Crippen molar-refractivity contribution in [1.82, 2.24) is 10.6 Å². The lowest BCUT2D eigenvalue weighted by atomic mass is 9.49. The molecule has 5 heteroatoms. The second kappa shape index (κ2) is 6.54. The van der Waals surface area contributed by atoms with Crippen LogP contribution >= 0.6 is 0 Å². The van der Waals surface area contributed by atoms with Gasteiger partial charge >= 0.3 is 6.03 Å². The van der Waals surface area contributed by atoms with E-state index in [1.165, 1.54) is 38.5 Å². The molecule has 1 saturated heterocycles. The smallest absolute Gasteiger partial charge is 0.321 e. The van der Waals surface area contributed by atoms with Crippen molar-refractivity contribution in [1.29, 1.82) is 0 Å². The van der Waals surface area contributed by atoms with Gasteiger partial charge in [-0.05, 0) is 86.3 Å². The number of hydrogen-bond donors (Lipinski definition) is 2. The zero-order chi connectivity index (χ0) is 18.4. The Bertz CT molecular complexity index is 724. The number of urea groups is 1. The maximum atomic E-state index is 12.6. The quantitative estimate of drug-likeness (QED) is 0.836. The zero-order valence-corrected chi connectivity index (χ0v) is 15.9. The molecule has 0 unspecified atom stereocenters. The largest absolute Gasteiger partial charge is 0.352 e. The van der Waals surface area contributed by atoms with Gasteiger partial charge < -0.3 is 10.6 Å². The topological polar surface area (TPSA) is 61.4 Å². The summed E-state index contributed by atoms with van der Waals surface area (Å²) in [5.41, 5.74) is 1.92. The van der Waals surface area contributed by atoms with Gasteiger partial charge in [0.15, 0.2) is 0 Å². The van der Waals surface area contributed by atoms with Crippen molar-refractivity contribution in [2.45, 2.75) is 44.9 Å². The summed E-state index contributed by atoms with van der Waals surface area (Å²) in [5, 5.41) is 5.95. The van der Waals surface area contributed by atoms with E-state index in [9.17, 15) is 9.59 Å². The molecule has 1 heterocycles. The van der Waals surface area contributed by atoms with Crippen LogP contribution in [0, 0.1) is 23.2 Å². The van der Waals surface area contributed by atoms with Gasteiger partial charge in [-0.15, -0.1) is 0 Å². The Morgan fingerprint density at radius 1 is 1.15 bits per heavy atom. The van der Waals surface area contributed by atoms with Crippen molar-refractivity contribution < 1.29 is 9.59 Å². The maximum Gasteiger partial charge on any atom is 0.321 e. The highest BCUT2D eigenvalue weighted by molar-refractivity contribution is 5.98. The fourth-order valence-electron chi connectivity index (χ4n) is 6.67. The van der Waals surface area contributed by atoms with Gasteiger partial charge in [0.05, 0.1) is 0 Å². The lowest BCUT2D eigenvalue weighted by molar-refractivity contribution is -0.0564. The molecule has 4 saturated carbocycles. The van der Waals surface area contributed by atoms with E-state index in [0.29, 0.717) is 24.1 Å². The summed E-state index contributed by atoms with van der Waals surface area (Å²) in [6.07, 6.45) is 9.65. The third-order valence-electron chi connectivity index (χ3n) is 7.38. The highest BCUT2D eigenvalue weighted by atomic mass is 16.2. The summed E-state index contributed by atoms with van der Waals surface area (Å²) in [4.78, 5) is 26.2. The predicted molar refractivity (Wildman–Crippen MR) is 105 cm³/mol. The molecule has 1 aromatic rings. The molecule has 5 aliphatic rings. The molecular formula is C22H29N3O2. The Hall–Kier alpha value is -2.04. The zero-order valence-electron chi connectivity index (χ0n) is 15.9. The van der Waals surface area contributed by atoms with Crippen LogP contribution < -0.4 is 15.5 Å². The molecular weight excluding hydrogens is 338 g/mol. The minimum Gasteiger partial charge on any atom is -0.352 e. The van der Waals surface area contributed by atoms with E-state index in [-0.39, 0.29) is 11.9 Å². The van der Waals surface area contributed by atoms with Crippen LogP contribution in [-0.2, 0) is 0 Å². The summed E-state index contributed by atoms with van der Waals surface area (Å²) in [7, 11) is 0. The van der Waals surface area contributed by atoms with Gasteiger partial charge in [0.1, 0.15) is 0 Å². The maximum absolute atomic E-state index is 12.6. The highest BCUT2D eigenvalue weighted by Gasteiger charge is 2.50. The first-order valence-corrected chi connectivity index (χ1v) is 10.5. The van der Waals surface area contributed by atoms with E-state index in [1.807, 2.05) is 24.3 Å². The molecule has 4 bridgehead atoms. The first-order chi connectivity index (χ1) is 13.1. The average molecular weight is 367 g/mol. The molecule has 5 nitrogen and oxygen atoms in total. The van der Waals surface area contributed by atoms with Gasteiger partial charge in [-0.2, -0.15) is 0 Å². The van der Waals surface area contributed by atoms with Gasteiger partial charge in [0, 0.05) is 30.9 Å². The van der Waals surface area contributed by atoms with E-state index < -0.39 is 0 Å². The standard InChI is InChI=1S/C22H29N3O2/c26-20(18-2-1-3-19(11-18)25-7-6-24-21(25)27)23-5-4-22-12-15-8-16(13-22)10-17(9-15)14-22/h1-3,11,15-17H,4-10,12-14H2,(H,23,26)(H,24,27). The molecule has 2 N–H and O–H groups in total. The molecule has 1 aliphatic heterocycles. The lowest BCUT2D eigenvalue weighted by Crippen LogP contribution is -2.47. The number of rotatable bonds is 5. The summed E-state index contributed by atoms with van der Waals surface area (Å²) >= 11 is 0. The second-order valence-corrected chi connectivity index (χ2v) is 9.36. The number of anilines is 1. The predicted octanol–water partition coefficient (Wildman–Crippen LogP) is 3.55. The molecule has 4 aliphatic carbocycles. The number of carbonyl (C=O) groups excluding carboxylic acids is 2. The van der Waals surface area contributed by atoms with Crippen LogP contribution in [0.3, 0.4) is 0 Å². The molecule has 0 aromatic heterocycles. The SMILES string of the molecule is O=C(NCCC12CC3CC(CC(C3)C1)C2)c1cccc(N2CCNC2=O)c1. The van der Waals surface area contributed by atoms with Crippen molar-refractivity contribution in [2.75, 3.05) is 24.5 Å². The van der Waals surface area contributed by atoms with Crippen LogP contribution in [0.4, 0.5) is 10.5 Å². The van der Waals surface area contributed by atoms with E-state index in [0.717, 1.165) is 36.4 Å². The third-order valence-corrected chi connectivity index (χ3v) is 7.38. The van der Waals surface area contributed by atoms with Crippen molar-refractivity contribution >= 4 is 17.6 Å². The van der Waals surface area contributed by atoms with Crippen LogP contribution in [0.15, 0.2) is 24.3 Å². The number of amides is 3. The molecule has 0 spiro atoms. The van der Waals surface area contributed by atoms with Crippen LogP contribution in [-0.4, -0.2) is 31.6 Å². The number of nitrogens with zero attached hydrogens (tertiary/aromatic N) is 1. The molecule has 1 aromatic carbocycles. The Kier molecular flexibility index (Phi) is 4.14. The van der Waals surface area contributed by atoms with Crippen molar-refractivity contribution in [2.24, 2.45) is 23.2 Å². The molecule has 5 fully saturated rings. The van der Waals surface area contributed by atoms with Crippen LogP contribution in [0.25, 0.3) is 0 Å². The van der Waals surface area contributed by atoms with Gasteiger partial charge in [0.2, 0.25) is 0 Å². The molecule has 3 amide bonds. The van der Waals surface area contributed by atoms with E-state index >= 15 is 0 Å². The van der Waals surface area contributed by atoms with Gasteiger partial charge in [-0.1, -0.05) is 6.07 Å². The molecule has 0 atom stereocenters. The number of carbonyl (C=O) groups is 2. The fraction of sp³-hybridized carbons (Fsp3) is 0.636. The summed E-state index contributed by atoms with van der Waals surface area (Å²) in [5.74, 6) is 2.84. The van der Waals surface area contributed by atoms with Crippen LogP contribution in [0.5, 0.6) is 0 Å². The normalized spacial score (nSPS) is 34.0. The van der Waals surface area contributed by atoms with E-state index in [1.54, 1.807) is 4.90 Å². The van der Waals surface area contributed by atoms with Crippen LogP contribution in [0.1, 0.15) is 55.3 Å². The van der Waals surface area contributed by atoms with Crippen molar-refractivity contribution in [3.8, 4) is 0 Å². The fourth-order valence-corrected chi connectivity index (χ4v) is 6.67. The second-order valence-electron chi connectivity index (χ2n) is 9.36. The van der Waals surface area contributed by atoms with E-state index in [4.69, 9.17) is 0 Å². The average Bonchev–Trinajstić information content (AvgIpc) is 3.06. The van der Waals surface area contributed by atoms with Crippen LogP contribution in [0.2, 0.25) is 0 Å². The van der Waals surface area contributed by atoms with Gasteiger partial charge in [0.25, 0.3) is 5.91 Å².